The van der Waals surface area contributed by atoms with Gasteiger partial charge in [-0.25, -0.2) is 0 Å². The Kier molecular flexibility index (Phi) is 4.00. The molecule has 1 saturated heterocycles. The van der Waals surface area contributed by atoms with Crippen molar-refractivity contribution in [2.45, 2.75) is 32.3 Å². The largest absolute Gasteiger partial charge is 0.384 e. The van der Waals surface area contributed by atoms with Gasteiger partial charge in [0, 0.05) is 13.2 Å². The summed E-state index contributed by atoms with van der Waals surface area (Å²) in [5.74, 6) is 0. The van der Waals surface area contributed by atoms with Crippen LogP contribution in [-0.4, -0.2) is 19.3 Å². The van der Waals surface area contributed by atoms with Crippen molar-refractivity contribution in [3.8, 4) is 6.07 Å². The third-order valence-corrected chi connectivity index (χ3v) is 3.10. The molecule has 0 spiro atoms. The second-order valence-corrected chi connectivity index (χ2v) is 4.51. The lowest BCUT2D eigenvalue weighted by molar-refractivity contribution is 0.107. The molecule has 0 aliphatic carbocycles. The van der Waals surface area contributed by atoms with E-state index in [-0.39, 0.29) is 0 Å². The summed E-state index contributed by atoms with van der Waals surface area (Å²) < 4.78 is 5.56. The van der Waals surface area contributed by atoms with Crippen molar-refractivity contribution >= 4 is 5.69 Å². The summed E-state index contributed by atoms with van der Waals surface area (Å²) in [6.07, 6.45) is 3.76. The fraction of sp³-hybridized carbons (Fsp3) is 0.500. The smallest absolute Gasteiger partial charge is 0.101 e. The van der Waals surface area contributed by atoms with E-state index in [9.17, 15) is 0 Å². The highest BCUT2D eigenvalue weighted by molar-refractivity contribution is 5.58. The third-order valence-electron chi connectivity index (χ3n) is 3.10. The minimum atomic E-state index is 0.401. The maximum atomic E-state index is 9.04. The maximum Gasteiger partial charge on any atom is 0.101 e. The summed E-state index contributed by atoms with van der Waals surface area (Å²) in [6, 6.07) is 8.13. The number of hydrogen-bond donors (Lipinski definition) is 1. The van der Waals surface area contributed by atoms with Crippen molar-refractivity contribution in [1.29, 1.82) is 5.26 Å². The highest BCUT2D eigenvalue weighted by Crippen LogP contribution is 2.18. The zero-order valence-corrected chi connectivity index (χ0v) is 10.2. The molecular weight excluding hydrogens is 212 g/mol. The van der Waals surface area contributed by atoms with E-state index in [1.807, 2.05) is 25.1 Å². The highest BCUT2D eigenvalue weighted by atomic mass is 16.5. The van der Waals surface area contributed by atoms with E-state index < -0.39 is 0 Å². The maximum absolute atomic E-state index is 9.04. The summed E-state index contributed by atoms with van der Waals surface area (Å²) >= 11 is 0. The van der Waals surface area contributed by atoms with Crippen LogP contribution in [0.4, 0.5) is 5.69 Å². The Morgan fingerprint density at radius 1 is 1.53 bits per heavy atom. The van der Waals surface area contributed by atoms with Crippen molar-refractivity contribution < 1.29 is 4.74 Å². The number of rotatable bonds is 4. The van der Waals surface area contributed by atoms with Gasteiger partial charge < -0.3 is 10.1 Å². The van der Waals surface area contributed by atoms with Gasteiger partial charge in [0.15, 0.2) is 0 Å². The van der Waals surface area contributed by atoms with Gasteiger partial charge >= 0.3 is 0 Å². The normalized spacial score (nSPS) is 18.9. The van der Waals surface area contributed by atoms with Crippen molar-refractivity contribution in [2.24, 2.45) is 0 Å². The Labute approximate surface area is 102 Å². The first kappa shape index (κ1) is 11.9. The van der Waals surface area contributed by atoms with Gasteiger partial charge in [-0.05, 0) is 43.9 Å². The molecule has 1 aromatic carbocycles. The molecule has 2 rings (SSSR count). The molecular formula is C14H18N2O. The third kappa shape index (κ3) is 3.21. The van der Waals surface area contributed by atoms with E-state index in [1.165, 1.54) is 12.8 Å². The topological polar surface area (TPSA) is 45.0 Å². The van der Waals surface area contributed by atoms with Gasteiger partial charge in [0.25, 0.3) is 0 Å². The van der Waals surface area contributed by atoms with Gasteiger partial charge in [-0.3, -0.25) is 0 Å². The van der Waals surface area contributed by atoms with E-state index in [1.54, 1.807) is 0 Å². The number of hydrogen-bond acceptors (Lipinski definition) is 3. The van der Waals surface area contributed by atoms with Crippen LogP contribution in [0.15, 0.2) is 18.2 Å². The molecule has 90 valence electrons. The van der Waals surface area contributed by atoms with Crippen LogP contribution in [0.3, 0.4) is 0 Å². The van der Waals surface area contributed by atoms with E-state index in [0.717, 1.165) is 36.4 Å². The molecule has 3 nitrogen and oxygen atoms in total. The summed E-state index contributed by atoms with van der Waals surface area (Å²) in [7, 11) is 0. The zero-order valence-electron chi connectivity index (χ0n) is 10.2. The molecule has 0 amide bonds. The molecule has 0 aromatic heterocycles. The number of nitrogens with one attached hydrogen (secondary N) is 1. The predicted molar refractivity (Wildman–Crippen MR) is 68.0 cm³/mol. The Hall–Kier alpha value is -1.53. The van der Waals surface area contributed by atoms with Crippen LogP contribution < -0.4 is 5.32 Å². The van der Waals surface area contributed by atoms with Crippen LogP contribution in [-0.2, 0) is 4.74 Å². The number of ether oxygens (including phenoxy) is 1. The van der Waals surface area contributed by atoms with Crippen LogP contribution in [0.2, 0.25) is 0 Å². The van der Waals surface area contributed by atoms with E-state index in [2.05, 4.69) is 11.4 Å². The molecule has 1 heterocycles. The summed E-state index contributed by atoms with van der Waals surface area (Å²) in [5.41, 5.74) is 2.76. The van der Waals surface area contributed by atoms with Gasteiger partial charge in [0.1, 0.15) is 6.07 Å². The molecule has 0 bridgehead atoms. The average molecular weight is 230 g/mol. The lowest BCUT2D eigenvalue weighted by Crippen LogP contribution is -2.13. The first-order chi connectivity index (χ1) is 8.29. The second-order valence-electron chi connectivity index (χ2n) is 4.51. The molecule has 1 aromatic rings. The summed E-state index contributed by atoms with van der Waals surface area (Å²) in [6.45, 7) is 3.76. The van der Waals surface area contributed by atoms with Crippen molar-refractivity contribution in [2.75, 3.05) is 18.5 Å². The molecule has 1 fully saturated rings. The van der Waals surface area contributed by atoms with Crippen LogP contribution in [0.1, 0.15) is 30.4 Å². The van der Waals surface area contributed by atoms with Crippen LogP contribution in [0.5, 0.6) is 0 Å². The Balaban J connectivity index is 1.88. The number of benzene rings is 1. The lowest BCUT2D eigenvalue weighted by atomic mass is 10.1. The second kappa shape index (κ2) is 5.70. The van der Waals surface area contributed by atoms with Gasteiger partial charge in [0.2, 0.25) is 0 Å². The molecule has 1 unspecified atom stereocenters. The number of anilines is 1. The zero-order chi connectivity index (χ0) is 12.1. The van der Waals surface area contributed by atoms with Crippen molar-refractivity contribution in [3.63, 3.8) is 0 Å². The Bertz CT molecular complexity index is 417. The van der Waals surface area contributed by atoms with E-state index in [4.69, 9.17) is 10.00 Å². The highest BCUT2D eigenvalue weighted by Gasteiger charge is 2.14. The molecule has 3 heteroatoms. The molecule has 1 aliphatic rings. The fourth-order valence-electron chi connectivity index (χ4n) is 2.14. The van der Waals surface area contributed by atoms with Gasteiger partial charge in [-0.1, -0.05) is 6.07 Å². The van der Waals surface area contributed by atoms with Gasteiger partial charge in [-0.15, -0.1) is 0 Å². The van der Waals surface area contributed by atoms with Crippen LogP contribution in [0.25, 0.3) is 0 Å². The number of nitrogens with zero attached hydrogens (tertiary/aromatic N) is 1. The van der Waals surface area contributed by atoms with E-state index >= 15 is 0 Å². The number of aryl methyl sites for hydroxylation is 1. The molecule has 17 heavy (non-hydrogen) atoms. The standard InChI is InChI=1S/C14H18N2O/c1-11-4-5-14(12(9-11)10-15)16-7-6-13-3-2-8-17-13/h4-5,9,13,16H,2-3,6-8H2,1H3. The molecule has 1 N–H and O–H groups in total. The molecule has 1 atom stereocenters. The first-order valence-corrected chi connectivity index (χ1v) is 6.16. The van der Waals surface area contributed by atoms with Crippen molar-refractivity contribution in [1.82, 2.24) is 0 Å². The summed E-state index contributed by atoms with van der Waals surface area (Å²) in [5, 5.41) is 12.4. The Morgan fingerprint density at radius 2 is 2.41 bits per heavy atom. The van der Waals surface area contributed by atoms with E-state index in [0.29, 0.717) is 6.10 Å². The van der Waals surface area contributed by atoms with Gasteiger partial charge in [0.05, 0.1) is 17.4 Å². The SMILES string of the molecule is Cc1ccc(NCCC2CCCO2)c(C#N)c1. The average Bonchev–Trinajstić information content (AvgIpc) is 2.84. The predicted octanol–water partition coefficient (Wildman–Crippen LogP) is 2.85. The quantitative estimate of drug-likeness (QED) is 0.865. The minimum absolute atomic E-state index is 0.401. The van der Waals surface area contributed by atoms with Crippen LogP contribution in [0, 0.1) is 18.3 Å². The molecule has 0 saturated carbocycles. The first-order valence-electron chi connectivity index (χ1n) is 6.16. The minimum Gasteiger partial charge on any atom is -0.384 e. The molecule has 0 radical (unpaired) electrons. The number of nitriles is 1. The lowest BCUT2D eigenvalue weighted by Gasteiger charge is -2.12. The monoisotopic (exact) mass is 230 g/mol. The van der Waals surface area contributed by atoms with Crippen LogP contribution >= 0.6 is 0 Å². The van der Waals surface area contributed by atoms with Gasteiger partial charge in [-0.2, -0.15) is 5.26 Å². The summed E-state index contributed by atoms with van der Waals surface area (Å²) in [4.78, 5) is 0. The fourth-order valence-corrected chi connectivity index (χ4v) is 2.14. The Morgan fingerprint density at radius 3 is 3.12 bits per heavy atom. The van der Waals surface area contributed by atoms with Crippen molar-refractivity contribution in [3.05, 3.63) is 29.3 Å². The molecule has 1 aliphatic heterocycles.